The van der Waals surface area contributed by atoms with E-state index in [0.29, 0.717) is 5.92 Å². The summed E-state index contributed by atoms with van der Waals surface area (Å²) in [7, 11) is 2.06. The van der Waals surface area contributed by atoms with Crippen molar-refractivity contribution in [2.75, 3.05) is 13.6 Å². The third-order valence-corrected chi connectivity index (χ3v) is 3.98. The number of hydrogen-bond donors (Lipinski definition) is 0. The Morgan fingerprint density at radius 3 is 2.57 bits per heavy atom. The van der Waals surface area contributed by atoms with Gasteiger partial charge in [-0.15, -0.1) is 0 Å². The second kappa shape index (κ2) is 6.22. The Morgan fingerprint density at radius 1 is 1.43 bits per heavy atom. The molecular weight excluding hydrogens is 281 g/mol. The van der Waals surface area contributed by atoms with Crippen molar-refractivity contribution in [1.82, 2.24) is 9.88 Å². The summed E-state index contributed by atoms with van der Waals surface area (Å²) in [5.41, 5.74) is -0.755. The van der Waals surface area contributed by atoms with Crippen LogP contribution in [0.4, 0.5) is 13.2 Å². The molecule has 21 heavy (non-hydrogen) atoms. The summed E-state index contributed by atoms with van der Waals surface area (Å²) >= 11 is 0. The van der Waals surface area contributed by atoms with Gasteiger partial charge in [0.15, 0.2) is 0 Å². The quantitative estimate of drug-likeness (QED) is 0.850. The van der Waals surface area contributed by atoms with Gasteiger partial charge in [-0.3, -0.25) is 4.90 Å². The van der Waals surface area contributed by atoms with Gasteiger partial charge in [0.1, 0.15) is 6.10 Å². The van der Waals surface area contributed by atoms with Gasteiger partial charge in [-0.25, -0.2) is 4.98 Å². The monoisotopic (exact) mass is 302 g/mol. The molecule has 0 spiro atoms. The molecule has 1 aromatic heterocycles. The lowest BCUT2D eigenvalue weighted by atomic mass is 10.0. The van der Waals surface area contributed by atoms with Crippen molar-refractivity contribution in [1.29, 1.82) is 0 Å². The summed E-state index contributed by atoms with van der Waals surface area (Å²) < 4.78 is 43.3. The predicted octanol–water partition coefficient (Wildman–Crippen LogP) is 3.60. The molecule has 0 radical (unpaired) electrons. The molecule has 0 aromatic carbocycles. The molecular formula is C15H21F3N2O. The minimum atomic E-state index is -4.36. The second-order valence-corrected chi connectivity index (χ2v) is 5.80. The summed E-state index contributed by atoms with van der Waals surface area (Å²) in [4.78, 5) is 6.04. The van der Waals surface area contributed by atoms with Crippen LogP contribution in [-0.2, 0) is 6.18 Å². The molecule has 6 heteroatoms. The van der Waals surface area contributed by atoms with Crippen LogP contribution in [0.1, 0.15) is 32.3 Å². The number of alkyl halides is 3. The van der Waals surface area contributed by atoms with Crippen molar-refractivity contribution in [2.45, 2.75) is 45.0 Å². The van der Waals surface area contributed by atoms with Gasteiger partial charge in [-0.05, 0) is 31.9 Å². The van der Waals surface area contributed by atoms with Crippen molar-refractivity contribution >= 4 is 0 Å². The Balaban J connectivity index is 2.05. The van der Waals surface area contributed by atoms with Gasteiger partial charge in [-0.2, -0.15) is 13.2 Å². The number of likely N-dealkylation sites (N-methyl/N-ethyl adjacent to an activating group) is 1. The molecule has 1 aliphatic heterocycles. The van der Waals surface area contributed by atoms with E-state index in [-0.39, 0.29) is 18.0 Å². The molecule has 1 aliphatic rings. The molecule has 3 atom stereocenters. The highest BCUT2D eigenvalue weighted by Crippen LogP contribution is 2.30. The van der Waals surface area contributed by atoms with E-state index in [1.165, 1.54) is 6.07 Å². The fraction of sp³-hybridized carbons (Fsp3) is 0.667. The van der Waals surface area contributed by atoms with Gasteiger partial charge in [-0.1, -0.05) is 13.8 Å². The van der Waals surface area contributed by atoms with Crippen LogP contribution in [0.3, 0.4) is 0 Å². The lowest BCUT2D eigenvalue weighted by Crippen LogP contribution is -2.39. The largest absolute Gasteiger partial charge is 0.473 e. The summed E-state index contributed by atoms with van der Waals surface area (Å²) in [5, 5.41) is 0. The zero-order valence-electron chi connectivity index (χ0n) is 12.5. The van der Waals surface area contributed by atoms with Gasteiger partial charge in [0.2, 0.25) is 5.88 Å². The number of halogens is 3. The highest BCUT2D eigenvalue weighted by Gasteiger charge is 2.34. The Labute approximate surface area is 123 Å². The summed E-state index contributed by atoms with van der Waals surface area (Å²) in [5.74, 6) is 0.862. The maximum Gasteiger partial charge on any atom is 0.417 e. The van der Waals surface area contributed by atoms with E-state index in [2.05, 4.69) is 23.9 Å². The molecule has 2 heterocycles. The van der Waals surface area contributed by atoms with Gasteiger partial charge in [0.05, 0.1) is 5.56 Å². The van der Waals surface area contributed by atoms with Crippen LogP contribution in [0.2, 0.25) is 0 Å². The maximum absolute atomic E-state index is 12.5. The van der Waals surface area contributed by atoms with E-state index in [1.807, 2.05) is 6.92 Å². The third kappa shape index (κ3) is 3.87. The fourth-order valence-electron chi connectivity index (χ4n) is 2.94. The molecule has 1 aromatic rings. The van der Waals surface area contributed by atoms with Gasteiger partial charge in [0.25, 0.3) is 0 Å². The molecule has 0 bridgehead atoms. The van der Waals surface area contributed by atoms with E-state index in [4.69, 9.17) is 4.74 Å². The first-order valence-corrected chi connectivity index (χ1v) is 7.21. The number of hydrogen-bond acceptors (Lipinski definition) is 3. The second-order valence-electron chi connectivity index (χ2n) is 5.80. The average Bonchev–Trinajstić information content (AvgIpc) is 2.74. The number of rotatable bonds is 4. The van der Waals surface area contributed by atoms with Gasteiger partial charge < -0.3 is 4.74 Å². The number of ether oxygens (including phenoxy) is 1. The zero-order valence-corrected chi connectivity index (χ0v) is 12.5. The number of likely N-dealkylation sites (tertiary alicyclic amines) is 1. The minimum absolute atomic E-state index is 0.0517. The SMILES string of the molecule is CCC(Oc1ccc(C(F)(F)F)cn1)C1CC(C)CN1C. The van der Waals surface area contributed by atoms with Crippen LogP contribution < -0.4 is 4.74 Å². The summed E-state index contributed by atoms with van der Waals surface area (Å²) in [6.45, 7) is 5.23. The Kier molecular flexibility index (Phi) is 4.76. The molecule has 0 aliphatic carbocycles. The first kappa shape index (κ1) is 16.1. The molecule has 2 rings (SSSR count). The van der Waals surface area contributed by atoms with E-state index in [1.54, 1.807) is 0 Å². The van der Waals surface area contributed by atoms with Crippen molar-refractivity contribution < 1.29 is 17.9 Å². The molecule has 1 saturated heterocycles. The number of nitrogens with zero attached hydrogens (tertiary/aromatic N) is 2. The van der Waals surface area contributed by atoms with Crippen molar-refractivity contribution in [3.8, 4) is 5.88 Å². The molecule has 118 valence electrons. The van der Waals surface area contributed by atoms with Crippen LogP contribution in [0.5, 0.6) is 5.88 Å². The summed E-state index contributed by atoms with van der Waals surface area (Å²) in [6.07, 6.45) is -1.76. The highest BCUT2D eigenvalue weighted by atomic mass is 19.4. The molecule has 1 fully saturated rings. The lowest BCUT2D eigenvalue weighted by molar-refractivity contribution is -0.137. The highest BCUT2D eigenvalue weighted by molar-refractivity contribution is 5.20. The Bertz CT molecular complexity index is 461. The number of pyridine rings is 1. The summed E-state index contributed by atoms with van der Waals surface area (Å²) in [6, 6.07) is 2.59. The van der Waals surface area contributed by atoms with Gasteiger partial charge in [0, 0.05) is 24.8 Å². The van der Waals surface area contributed by atoms with Crippen LogP contribution in [-0.4, -0.2) is 35.6 Å². The van der Waals surface area contributed by atoms with Gasteiger partial charge >= 0.3 is 6.18 Å². The van der Waals surface area contributed by atoms with Crippen LogP contribution >= 0.6 is 0 Å². The Morgan fingerprint density at radius 2 is 2.14 bits per heavy atom. The smallest absolute Gasteiger partial charge is 0.417 e. The first-order valence-electron chi connectivity index (χ1n) is 7.21. The van der Waals surface area contributed by atoms with Crippen molar-refractivity contribution in [3.05, 3.63) is 23.9 Å². The van der Waals surface area contributed by atoms with Crippen LogP contribution in [0.25, 0.3) is 0 Å². The molecule has 0 N–H and O–H groups in total. The first-order chi connectivity index (χ1) is 9.81. The predicted molar refractivity (Wildman–Crippen MR) is 74.1 cm³/mol. The Hall–Kier alpha value is -1.30. The average molecular weight is 302 g/mol. The fourth-order valence-corrected chi connectivity index (χ4v) is 2.94. The van der Waals surface area contributed by atoms with E-state index < -0.39 is 11.7 Å². The third-order valence-electron chi connectivity index (χ3n) is 3.98. The standard InChI is InChI=1S/C15H21F3N2O/c1-4-13(12-7-10(2)9-20(12)3)21-14-6-5-11(8-19-14)15(16,17)18/h5-6,8,10,12-13H,4,7,9H2,1-3H3. The van der Waals surface area contributed by atoms with Crippen molar-refractivity contribution in [2.24, 2.45) is 5.92 Å². The lowest BCUT2D eigenvalue weighted by Gasteiger charge is -2.28. The van der Waals surface area contributed by atoms with E-state index in [0.717, 1.165) is 31.6 Å². The molecule has 3 unspecified atom stereocenters. The molecule has 0 saturated carbocycles. The van der Waals surface area contributed by atoms with E-state index in [9.17, 15) is 13.2 Å². The van der Waals surface area contributed by atoms with Crippen molar-refractivity contribution in [3.63, 3.8) is 0 Å². The number of aromatic nitrogens is 1. The van der Waals surface area contributed by atoms with Crippen LogP contribution in [0.15, 0.2) is 18.3 Å². The topological polar surface area (TPSA) is 25.4 Å². The molecule has 0 amide bonds. The zero-order chi connectivity index (χ0) is 15.6. The van der Waals surface area contributed by atoms with E-state index >= 15 is 0 Å². The normalized spacial score (nSPS) is 25.0. The minimum Gasteiger partial charge on any atom is -0.473 e. The maximum atomic E-state index is 12.5. The van der Waals surface area contributed by atoms with Crippen LogP contribution in [0, 0.1) is 5.92 Å². The molecule has 3 nitrogen and oxygen atoms in total.